The first kappa shape index (κ1) is 30.5. The molecule has 0 spiro atoms. The third-order valence-electron chi connectivity index (χ3n) is 7.07. The van der Waals surface area contributed by atoms with Gasteiger partial charge in [0.2, 0.25) is 15.9 Å². The molecule has 1 heterocycles. The molecule has 42 heavy (non-hydrogen) atoms. The lowest BCUT2D eigenvalue weighted by atomic mass is 9.80. The Bertz CT molecular complexity index is 1800. The number of aromatic amines is 1. The molecule has 13 heteroatoms. The number of para-hydroxylation sites is 1. The van der Waals surface area contributed by atoms with Crippen molar-refractivity contribution in [1.82, 2.24) is 20.2 Å². The summed E-state index contributed by atoms with van der Waals surface area (Å²) in [6, 6.07) is 12.2. The van der Waals surface area contributed by atoms with Crippen LogP contribution in [0, 0.1) is 5.41 Å². The van der Waals surface area contributed by atoms with Crippen LogP contribution >= 0.6 is 0 Å². The highest BCUT2D eigenvalue weighted by Gasteiger charge is 2.39. The Balaban J connectivity index is 2.02. The van der Waals surface area contributed by atoms with Gasteiger partial charge in [0.05, 0.1) is 26.9 Å². The SMILES string of the molecule is CN(C)CCCNC(=O)C(C)(C)c1cc(-c2nc3ccc(C(=N)N)cc3[nH]2)c(O)c(-c2ccccc2O)c1S(N)(=O)=O. The number of hydrogen-bond acceptors (Lipinski definition) is 8. The number of nitrogens with one attached hydrogen (secondary N) is 3. The van der Waals surface area contributed by atoms with Crippen LogP contribution in [0.1, 0.15) is 31.4 Å². The van der Waals surface area contributed by atoms with Crippen molar-refractivity contribution < 1.29 is 23.4 Å². The Morgan fingerprint density at radius 2 is 1.81 bits per heavy atom. The minimum Gasteiger partial charge on any atom is -0.507 e. The van der Waals surface area contributed by atoms with Crippen molar-refractivity contribution in [1.29, 1.82) is 5.41 Å². The molecule has 4 rings (SSSR count). The number of hydrogen-bond donors (Lipinski definition) is 7. The zero-order valence-electron chi connectivity index (χ0n) is 23.8. The summed E-state index contributed by atoms with van der Waals surface area (Å²) in [6.07, 6.45) is 0.669. The number of sulfonamides is 1. The molecule has 0 aliphatic carbocycles. The number of phenolic OH excluding ortho intramolecular Hbond substituents is 2. The highest BCUT2D eigenvalue weighted by Crippen LogP contribution is 2.48. The van der Waals surface area contributed by atoms with Gasteiger partial charge in [-0.1, -0.05) is 18.2 Å². The summed E-state index contributed by atoms with van der Waals surface area (Å²) in [4.78, 5) is 22.7. The number of nitrogen functional groups attached to an aromatic ring is 1. The predicted molar refractivity (Wildman–Crippen MR) is 162 cm³/mol. The standard InChI is InChI=1S/C29H35N7O5S/c1-29(2,28(39)33-12-7-13-36(3)4)19-15-18(27-34-20-11-10-16(26(30)31)14-21(20)35-27)24(38)23(25(19)42(32,40)41)17-8-5-6-9-22(17)37/h5-6,8-11,14-15,37-38H,7,12-13H2,1-4H3,(H3,30,31)(H,33,39)(H,34,35)(H2,32,40,41). The lowest BCUT2D eigenvalue weighted by Crippen LogP contribution is -2.42. The second-order valence-corrected chi connectivity index (χ2v) is 12.4. The lowest BCUT2D eigenvalue weighted by Gasteiger charge is -2.29. The zero-order valence-corrected chi connectivity index (χ0v) is 24.6. The van der Waals surface area contributed by atoms with E-state index in [1.807, 2.05) is 19.0 Å². The summed E-state index contributed by atoms with van der Waals surface area (Å²) in [5.74, 6) is -1.26. The third-order valence-corrected chi connectivity index (χ3v) is 8.06. The Labute approximate surface area is 243 Å². The molecule has 0 atom stereocenters. The second kappa shape index (κ2) is 11.4. The van der Waals surface area contributed by atoms with Crippen LogP contribution in [0.5, 0.6) is 11.5 Å². The third kappa shape index (κ3) is 5.93. The van der Waals surface area contributed by atoms with Crippen molar-refractivity contribution in [2.24, 2.45) is 10.9 Å². The molecule has 3 aromatic carbocycles. The zero-order chi connectivity index (χ0) is 31.0. The lowest BCUT2D eigenvalue weighted by molar-refractivity contribution is -0.125. The number of nitrogens with two attached hydrogens (primary N) is 2. The predicted octanol–water partition coefficient (Wildman–Crippen LogP) is 2.59. The molecular weight excluding hydrogens is 558 g/mol. The first-order chi connectivity index (χ1) is 19.6. The number of imidazole rings is 1. The summed E-state index contributed by atoms with van der Waals surface area (Å²) in [5, 5.41) is 38.7. The number of aromatic nitrogens is 2. The molecule has 0 fully saturated rings. The summed E-state index contributed by atoms with van der Waals surface area (Å²) >= 11 is 0. The number of H-pyrrole nitrogens is 1. The van der Waals surface area contributed by atoms with Crippen LogP contribution in [-0.4, -0.2) is 72.4 Å². The van der Waals surface area contributed by atoms with E-state index in [0.717, 1.165) is 6.54 Å². The number of benzene rings is 3. The number of carbonyl (C=O) groups is 1. The number of fused-ring (bicyclic) bond motifs is 1. The van der Waals surface area contributed by atoms with Crippen molar-refractivity contribution in [2.45, 2.75) is 30.6 Å². The first-order valence-electron chi connectivity index (χ1n) is 13.1. The minimum absolute atomic E-state index is 0.000654. The molecule has 222 valence electrons. The summed E-state index contributed by atoms with van der Waals surface area (Å²) < 4.78 is 26.4. The highest BCUT2D eigenvalue weighted by atomic mass is 32.2. The van der Waals surface area contributed by atoms with Crippen molar-refractivity contribution >= 4 is 32.8 Å². The molecular formula is C29H35N7O5S. The van der Waals surface area contributed by atoms with Gasteiger partial charge in [0, 0.05) is 23.2 Å². The van der Waals surface area contributed by atoms with E-state index in [9.17, 15) is 23.4 Å². The number of aromatic hydroxyl groups is 2. The van der Waals surface area contributed by atoms with Gasteiger partial charge in [-0.25, -0.2) is 18.5 Å². The Kier molecular flexibility index (Phi) is 8.30. The molecule has 0 saturated heterocycles. The van der Waals surface area contributed by atoms with Gasteiger partial charge in [-0.05, 0) is 76.8 Å². The largest absolute Gasteiger partial charge is 0.507 e. The van der Waals surface area contributed by atoms with Gasteiger partial charge in [-0.15, -0.1) is 0 Å². The van der Waals surface area contributed by atoms with Crippen LogP contribution in [0.15, 0.2) is 53.4 Å². The maximum absolute atomic E-state index is 13.6. The molecule has 1 aromatic heterocycles. The number of primary sulfonamides is 1. The Morgan fingerprint density at radius 1 is 1.12 bits per heavy atom. The van der Waals surface area contributed by atoms with Crippen LogP contribution in [0.4, 0.5) is 0 Å². The van der Waals surface area contributed by atoms with Crippen LogP contribution in [0.3, 0.4) is 0 Å². The van der Waals surface area contributed by atoms with Crippen molar-refractivity contribution in [3.63, 3.8) is 0 Å². The van der Waals surface area contributed by atoms with E-state index in [1.165, 1.54) is 18.2 Å². The van der Waals surface area contributed by atoms with Crippen LogP contribution in [0.2, 0.25) is 0 Å². The fourth-order valence-corrected chi connectivity index (χ4v) is 5.89. The molecule has 0 bridgehead atoms. The van der Waals surface area contributed by atoms with E-state index in [0.29, 0.717) is 29.6 Å². The average Bonchev–Trinajstić information content (AvgIpc) is 3.33. The monoisotopic (exact) mass is 593 g/mol. The van der Waals surface area contributed by atoms with Gasteiger partial charge in [-0.3, -0.25) is 10.2 Å². The van der Waals surface area contributed by atoms with E-state index in [2.05, 4.69) is 15.3 Å². The molecule has 0 aliphatic heterocycles. The average molecular weight is 594 g/mol. The Hall–Kier alpha value is -4.46. The van der Waals surface area contributed by atoms with Gasteiger partial charge in [0.1, 0.15) is 23.2 Å². The van der Waals surface area contributed by atoms with Crippen LogP contribution in [0.25, 0.3) is 33.5 Å². The van der Waals surface area contributed by atoms with E-state index >= 15 is 0 Å². The molecule has 9 N–H and O–H groups in total. The molecule has 0 radical (unpaired) electrons. The number of carbonyl (C=O) groups excluding carboxylic acids is 1. The number of amidine groups is 1. The number of phenols is 2. The normalized spacial score (nSPS) is 12.1. The molecule has 0 unspecified atom stereocenters. The maximum Gasteiger partial charge on any atom is 0.239 e. The fourth-order valence-electron chi connectivity index (χ4n) is 4.78. The molecule has 0 saturated carbocycles. The van der Waals surface area contributed by atoms with E-state index in [-0.39, 0.29) is 39.7 Å². The van der Waals surface area contributed by atoms with Gasteiger partial charge in [0.15, 0.2) is 0 Å². The summed E-state index contributed by atoms with van der Waals surface area (Å²) in [5.41, 5.74) is 5.44. The smallest absolute Gasteiger partial charge is 0.239 e. The Morgan fingerprint density at radius 3 is 2.43 bits per heavy atom. The second-order valence-electron chi connectivity index (χ2n) is 10.9. The van der Waals surface area contributed by atoms with Crippen molar-refractivity contribution in [2.75, 3.05) is 27.2 Å². The van der Waals surface area contributed by atoms with Crippen LogP contribution in [-0.2, 0) is 20.2 Å². The molecule has 12 nitrogen and oxygen atoms in total. The molecule has 1 amide bonds. The van der Waals surface area contributed by atoms with Crippen molar-refractivity contribution in [3.05, 3.63) is 59.7 Å². The topological polar surface area (TPSA) is 212 Å². The molecule has 4 aromatic rings. The highest BCUT2D eigenvalue weighted by molar-refractivity contribution is 7.89. The van der Waals surface area contributed by atoms with E-state index < -0.39 is 32.0 Å². The van der Waals surface area contributed by atoms with Gasteiger partial charge in [0.25, 0.3) is 0 Å². The number of nitrogens with zero attached hydrogens (tertiary/aromatic N) is 2. The fraction of sp³-hybridized carbons (Fsp3) is 0.276. The quantitative estimate of drug-likeness (QED) is 0.0823. The van der Waals surface area contributed by atoms with Crippen LogP contribution < -0.4 is 16.2 Å². The minimum atomic E-state index is -4.57. The van der Waals surface area contributed by atoms with E-state index in [4.69, 9.17) is 16.3 Å². The van der Waals surface area contributed by atoms with Gasteiger partial charge >= 0.3 is 0 Å². The van der Waals surface area contributed by atoms with Gasteiger partial charge < -0.3 is 31.1 Å². The summed E-state index contributed by atoms with van der Waals surface area (Å²) in [6.45, 7) is 4.21. The molecule has 0 aliphatic rings. The number of rotatable bonds is 10. The first-order valence-corrected chi connectivity index (χ1v) is 14.7. The van der Waals surface area contributed by atoms with Gasteiger partial charge in [-0.2, -0.15) is 0 Å². The number of amides is 1. The van der Waals surface area contributed by atoms with E-state index in [1.54, 1.807) is 44.2 Å². The summed E-state index contributed by atoms with van der Waals surface area (Å²) in [7, 11) is -0.733. The maximum atomic E-state index is 13.6. The van der Waals surface area contributed by atoms with Crippen molar-refractivity contribution in [3.8, 4) is 34.0 Å².